The maximum atomic E-state index is 13.2. The quantitative estimate of drug-likeness (QED) is 0.501. The van der Waals surface area contributed by atoms with Crippen molar-refractivity contribution in [1.29, 1.82) is 0 Å². The number of imide groups is 1. The monoisotopic (exact) mass is 431 g/mol. The molecule has 0 spiro atoms. The standard InChI is InChI=1S/C20H14ClNO4S2/c1-25-15-7-6-12(10-14(15)21)22-19(23)17(16-5-3-9-27-16)18(20(22)24)28-11-13-4-2-8-26-13/h2-10H,11H2,1H3. The minimum absolute atomic E-state index is 0.329. The van der Waals surface area contributed by atoms with Gasteiger partial charge in [-0.2, -0.15) is 0 Å². The summed E-state index contributed by atoms with van der Waals surface area (Å²) >= 11 is 8.91. The Balaban J connectivity index is 1.72. The van der Waals surface area contributed by atoms with E-state index in [0.29, 0.717) is 32.7 Å². The predicted octanol–water partition coefficient (Wildman–Crippen LogP) is 5.22. The van der Waals surface area contributed by atoms with Gasteiger partial charge in [-0.3, -0.25) is 9.59 Å². The third-order valence-corrected chi connectivity index (χ3v) is 6.42. The van der Waals surface area contributed by atoms with E-state index in [-0.39, 0.29) is 11.8 Å². The molecule has 0 aliphatic carbocycles. The Hall–Kier alpha value is -2.48. The minimum Gasteiger partial charge on any atom is -0.495 e. The molecule has 0 N–H and O–H groups in total. The van der Waals surface area contributed by atoms with Crippen molar-refractivity contribution in [2.75, 3.05) is 12.0 Å². The van der Waals surface area contributed by atoms with E-state index < -0.39 is 0 Å². The summed E-state index contributed by atoms with van der Waals surface area (Å²) in [6.45, 7) is 0. The first-order chi connectivity index (χ1) is 13.6. The van der Waals surface area contributed by atoms with Crippen LogP contribution in [-0.4, -0.2) is 18.9 Å². The number of rotatable bonds is 6. The van der Waals surface area contributed by atoms with Crippen LogP contribution in [0.4, 0.5) is 5.69 Å². The van der Waals surface area contributed by atoms with E-state index in [4.69, 9.17) is 20.8 Å². The number of anilines is 1. The molecule has 0 bridgehead atoms. The van der Waals surface area contributed by atoms with E-state index in [1.54, 1.807) is 30.5 Å². The van der Waals surface area contributed by atoms with Crippen LogP contribution in [0.25, 0.3) is 5.57 Å². The Labute approximate surface area is 174 Å². The number of nitrogens with zero attached hydrogens (tertiary/aromatic N) is 1. The third kappa shape index (κ3) is 3.37. The summed E-state index contributed by atoms with van der Waals surface area (Å²) in [5.74, 6) is 0.923. The van der Waals surface area contributed by atoms with E-state index in [2.05, 4.69) is 0 Å². The van der Waals surface area contributed by atoms with Crippen LogP contribution in [0.15, 0.2) is 63.4 Å². The number of ether oxygens (including phenoxy) is 1. The molecule has 2 amide bonds. The van der Waals surface area contributed by atoms with Crippen molar-refractivity contribution < 1.29 is 18.7 Å². The molecule has 3 heterocycles. The Bertz CT molecular complexity index is 1060. The number of methoxy groups -OCH3 is 1. The number of amides is 2. The summed E-state index contributed by atoms with van der Waals surface area (Å²) in [6.07, 6.45) is 1.58. The summed E-state index contributed by atoms with van der Waals surface area (Å²) in [7, 11) is 1.51. The van der Waals surface area contributed by atoms with Crippen molar-refractivity contribution >= 4 is 57.8 Å². The summed E-state index contributed by atoms with van der Waals surface area (Å²) < 4.78 is 10.5. The van der Waals surface area contributed by atoms with Crippen LogP contribution in [0.5, 0.6) is 5.75 Å². The molecule has 8 heteroatoms. The molecule has 3 aromatic rings. The van der Waals surface area contributed by atoms with Crippen molar-refractivity contribution in [1.82, 2.24) is 0 Å². The van der Waals surface area contributed by atoms with Crippen LogP contribution in [0, 0.1) is 0 Å². The van der Waals surface area contributed by atoms with Gasteiger partial charge in [0.25, 0.3) is 11.8 Å². The third-order valence-electron chi connectivity index (χ3n) is 4.14. The van der Waals surface area contributed by atoms with Crippen LogP contribution in [0.2, 0.25) is 5.02 Å². The average molecular weight is 432 g/mol. The number of carbonyl (C=O) groups is 2. The topological polar surface area (TPSA) is 59.8 Å². The van der Waals surface area contributed by atoms with Gasteiger partial charge < -0.3 is 9.15 Å². The van der Waals surface area contributed by atoms with Gasteiger partial charge in [0.2, 0.25) is 0 Å². The fourth-order valence-corrected chi connectivity index (χ4v) is 4.94. The van der Waals surface area contributed by atoms with Crippen molar-refractivity contribution in [2.24, 2.45) is 0 Å². The number of carbonyl (C=O) groups excluding carboxylic acids is 2. The van der Waals surface area contributed by atoms with Gasteiger partial charge in [0, 0.05) is 4.88 Å². The van der Waals surface area contributed by atoms with Crippen molar-refractivity contribution in [3.05, 3.63) is 74.7 Å². The fraction of sp³-hybridized carbons (Fsp3) is 0.100. The van der Waals surface area contributed by atoms with E-state index in [9.17, 15) is 9.59 Å². The van der Waals surface area contributed by atoms with Gasteiger partial charge in [-0.15, -0.1) is 23.1 Å². The smallest absolute Gasteiger partial charge is 0.272 e. The molecule has 28 heavy (non-hydrogen) atoms. The van der Waals surface area contributed by atoms with E-state index in [1.165, 1.54) is 30.2 Å². The molecular weight excluding hydrogens is 418 g/mol. The van der Waals surface area contributed by atoms with Crippen LogP contribution in [-0.2, 0) is 15.3 Å². The number of thiophene rings is 1. The second-order valence-corrected chi connectivity index (χ2v) is 8.15. The first-order valence-electron chi connectivity index (χ1n) is 8.26. The molecular formula is C20H14ClNO4S2. The Kier molecular flexibility index (Phi) is 5.30. The Morgan fingerprint density at radius 2 is 2.04 bits per heavy atom. The highest BCUT2D eigenvalue weighted by Gasteiger charge is 2.40. The van der Waals surface area contributed by atoms with Crippen molar-refractivity contribution in [2.45, 2.75) is 5.75 Å². The first-order valence-corrected chi connectivity index (χ1v) is 10.5. The molecule has 5 nitrogen and oxygen atoms in total. The molecule has 0 saturated heterocycles. The van der Waals surface area contributed by atoms with Crippen molar-refractivity contribution in [3.63, 3.8) is 0 Å². The molecule has 0 radical (unpaired) electrons. The lowest BCUT2D eigenvalue weighted by Gasteiger charge is -2.16. The van der Waals surface area contributed by atoms with Gasteiger partial charge in [-0.1, -0.05) is 17.7 Å². The Morgan fingerprint density at radius 3 is 2.68 bits per heavy atom. The maximum Gasteiger partial charge on any atom is 0.272 e. The molecule has 1 aliphatic rings. The normalized spacial score (nSPS) is 14.3. The number of hydrogen-bond acceptors (Lipinski definition) is 6. The fourth-order valence-electron chi connectivity index (χ4n) is 2.85. The van der Waals surface area contributed by atoms with Gasteiger partial charge in [0.1, 0.15) is 11.5 Å². The minimum atomic E-state index is -0.369. The highest BCUT2D eigenvalue weighted by Crippen LogP contribution is 2.42. The number of thioether (sulfide) groups is 1. The van der Waals surface area contributed by atoms with E-state index in [0.717, 1.165) is 15.5 Å². The SMILES string of the molecule is COc1ccc(N2C(=O)C(SCc3ccco3)=C(c3cccs3)C2=O)cc1Cl. The van der Waals surface area contributed by atoms with Crippen LogP contribution in [0.1, 0.15) is 10.6 Å². The van der Waals surface area contributed by atoms with Gasteiger partial charge in [-0.05, 0) is 41.8 Å². The van der Waals surface area contributed by atoms with E-state index in [1.807, 2.05) is 23.6 Å². The Morgan fingerprint density at radius 1 is 1.18 bits per heavy atom. The molecule has 0 unspecified atom stereocenters. The number of furan rings is 1. The molecule has 0 saturated carbocycles. The number of hydrogen-bond donors (Lipinski definition) is 0. The second kappa shape index (κ2) is 7.87. The molecule has 2 aromatic heterocycles. The largest absolute Gasteiger partial charge is 0.495 e. The highest BCUT2D eigenvalue weighted by atomic mass is 35.5. The summed E-state index contributed by atoms with van der Waals surface area (Å²) in [5.41, 5.74) is 0.812. The molecule has 0 atom stereocenters. The molecule has 142 valence electrons. The highest BCUT2D eigenvalue weighted by molar-refractivity contribution is 8.03. The lowest BCUT2D eigenvalue weighted by Crippen LogP contribution is -2.31. The summed E-state index contributed by atoms with van der Waals surface area (Å²) in [6, 6.07) is 12.2. The molecule has 4 rings (SSSR count). The van der Waals surface area contributed by atoms with E-state index >= 15 is 0 Å². The number of benzene rings is 1. The lowest BCUT2D eigenvalue weighted by molar-refractivity contribution is -0.119. The van der Waals surface area contributed by atoms with Gasteiger partial charge in [0.15, 0.2) is 0 Å². The summed E-state index contributed by atoms with van der Waals surface area (Å²) in [5, 5.41) is 2.21. The first kappa shape index (κ1) is 18.9. The molecule has 0 fully saturated rings. The number of halogens is 1. The van der Waals surface area contributed by atoms with Crippen LogP contribution >= 0.6 is 34.7 Å². The maximum absolute atomic E-state index is 13.2. The van der Waals surface area contributed by atoms with Crippen LogP contribution in [0.3, 0.4) is 0 Å². The van der Waals surface area contributed by atoms with Gasteiger partial charge in [0.05, 0.1) is 40.3 Å². The molecule has 1 aliphatic heterocycles. The van der Waals surface area contributed by atoms with Crippen LogP contribution < -0.4 is 9.64 Å². The summed E-state index contributed by atoms with van der Waals surface area (Å²) in [4.78, 5) is 28.7. The van der Waals surface area contributed by atoms with Gasteiger partial charge >= 0.3 is 0 Å². The predicted molar refractivity (Wildman–Crippen MR) is 112 cm³/mol. The molecule has 1 aromatic carbocycles. The second-order valence-electron chi connectivity index (χ2n) is 5.81. The zero-order valence-electron chi connectivity index (χ0n) is 14.7. The lowest BCUT2D eigenvalue weighted by atomic mass is 10.2. The van der Waals surface area contributed by atoms with Gasteiger partial charge in [-0.25, -0.2) is 4.90 Å². The zero-order chi connectivity index (χ0) is 19.7. The average Bonchev–Trinajstić information content (AvgIpc) is 3.42. The zero-order valence-corrected chi connectivity index (χ0v) is 17.1. The van der Waals surface area contributed by atoms with Crippen molar-refractivity contribution in [3.8, 4) is 5.75 Å².